The van der Waals surface area contributed by atoms with Crippen molar-refractivity contribution in [3.63, 3.8) is 0 Å². The Morgan fingerprint density at radius 2 is 1.70 bits per heavy atom. The van der Waals surface area contributed by atoms with Crippen LogP contribution in [0.3, 0.4) is 0 Å². The van der Waals surface area contributed by atoms with Gasteiger partial charge < -0.3 is 15.0 Å². The predicted molar refractivity (Wildman–Crippen MR) is 130 cm³/mol. The maximum absolute atomic E-state index is 13.7. The number of urea groups is 1. The van der Waals surface area contributed by atoms with Crippen molar-refractivity contribution in [1.29, 1.82) is 0 Å². The highest BCUT2D eigenvalue weighted by atomic mass is 16.5. The van der Waals surface area contributed by atoms with Crippen LogP contribution in [0, 0.1) is 0 Å². The van der Waals surface area contributed by atoms with Crippen LogP contribution in [0.1, 0.15) is 25.2 Å². The number of hydrogen-bond acceptors (Lipinski definition) is 4. The van der Waals surface area contributed by atoms with Gasteiger partial charge >= 0.3 is 6.03 Å². The molecule has 3 aromatic carbocycles. The third kappa shape index (κ3) is 4.30. The molecular formula is C26H26N4O3. The normalized spacial score (nSPS) is 11.7. The Kier molecular flexibility index (Phi) is 6.40. The SMILES string of the molecule is CCC(c1nc2ccccc2c(=O)n1-c1ccccc1OC)N(C)C(=O)Nc1ccccc1. The third-order valence-electron chi connectivity index (χ3n) is 5.63. The van der Waals surface area contributed by atoms with E-state index in [0.717, 1.165) is 0 Å². The number of carbonyl (C=O) groups excluding carboxylic acids is 1. The highest BCUT2D eigenvalue weighted by Gasteiger charge is 2.27. The Morgan fingerprint density at radius 1 is 1.03 bits per heavy atom. The van der Waals surface area contributed by atoms with E-state index in [1.165, 1.54) is 0 Å². The Balaban J connectivity index is 1.87. The number of fused-ring (bicyclic) bond motifs is 1. The Bertz CT molecular complexity index is 1330. The molecule has 4 aromatic rings. The minimum absolute atomic E-state index is 0.213. The molecule has 1 heterocycles. The molecule has 1 N–H and O–H groups in total. The summed E-state index contributed by atoms with van der Waals surface area (Å²) in [5, 5.41) is 3.41. The lowest BCUT2D eigenvalue weighted by atomic mass is 10.1. The standard InChI is InChI=1S/C26H26N4O3/c1-4-21(29(2)26(32)27-18-12-6-5-7-13-18)24-28-20-15-9-8-14-19(20)25(31)30(24)22-16-10-11-17-23(22)33-3/h5-17,21H,4H2,1-3H3,(H,27,32). The minimum atomic E-state index is -0.462. The summed E-state index contributed by atoms with van der Waals surface area (Å²) in [7, 11) is 3.27. The van der Waals surface area contributed by atoms with Gasteiger partial charge in [0, 0.05) is 12.7 Å². The molecule has 0 spiro atoms. The van der Waals surface area contributed by atoms with Crippen LogP contribution in [-0.2, 0) is 0 Å². The summed E-state index contributed by atoms with van der Waals surface area (Å²) in [5.74, 6) is 1.01. The molecule has 7 nitrogen and oxygen atoms in total. The first-order valence-corrected chi connectivity index (χ1v) is 10.8. The van der Waals surface area contributed by atoms with Crippen LogP contribution in [0.15, 0.2) is 83.7 Å². The van der Waals surface area contributed by atoms with Crippen molar-refractivity contribution in [1.82, 2.24) is 14.5 Å². The van der Waals surface area contributed by atoms with Crippen LogP contribution in [0.2, 0.25) is 0 Å². The van der Waals surface area contributed by atoms with E-state index in [1.54, 1.807) is 35.8 Å². The molecule has 2 amide bonds. The molecule has 168 valence electrons. The number of carbonyl (C=O) groups is 1. The minimum Gasteiger partial charge on any atom is -0.495 e. The monoisotopic (exact) mass is 442 g/mol. The van der Waals surface area contributed by atoms with Gasteiger partial charge in [0.25, 0.3) is 5.56 Å². The number of nitrogens with zero attached hydrogens (tertiary/aromatic N) is 3. The van der Waals surface area contributed by atoms with E-state index in [1.807, 2.05) is 73.7 Å². The number of ether oxygens (including phenoxy) is 1. The predicted octanol–water partition coefficient (Wildman–Crippen LogP) is 5.01. The van der Waals surface area contributed by atoms with Crippen molar-refractivity contribution < 1.29 is 9.53 Å². The number of rotatable bonds is 6. The molecule has 0 saturated heterocycles. The van der Waals surface area contributed by atoms with Crippen molar-refractivity contribution in [2.75, 3.05) is 19.5 Å². The first-order valence-electron chi connectivity index (χ1n) is 10.8. The third-order valence-corrected chi connectivity index (χ3v) is 5.63. The number of nitrogens with one attached hydrogen (secondary N) is 1. The summed E-state index contributed by atoms with van der Waals surface area (Å²) in [6.45, 7) is 1.96. The topological polar surface area (TPSA) is 76.5 Å². The fourth-order valence-corrected chi connectivity index (χ4v) is 3.93. The molecule has 1 aromatic heterocycles. The van der Waals surface area contributed by atoms with Crippen molar-refractivity contribution >= 4 is 22.6 Å². The summed E-state index contributed by atoms with van der Waals surface area (Å²) in [6.07, 6.45) is 0.554. The average molecular weight is 443 g/mol. The van der Waals surface area contributed by atoms with Gasteiger partial charge in [-0.25, -0.2) is 9.78 Å². The average Bonchev–Trinajstić information content (AvgIpc) is 2.85. The molecule has 0 aliphatic rings. The Hall–Kier alpha value is -4.13. The zero-order chi connectivity index (χ0) is 23.4. The number of hydrogen-bond donors (Lipinski definition) is 1. The van der Waals surface area contributed by atoms with E-state index in [4.69, 9.17) is 9.72 Å². The summed E-state index contributed by atoms with van der Waals surface area (Å²) in [6, 6.07) is 23.0. The van der Waals surface area contributed by atoms with Gasteiger partial charge in [-0.05, 0) is 42.8 Å². The van der Waals surface area contributed by atoms with E-state index >= 15 is 0 Å². The number of anilines is 1. The van der Waals surface area contributed by atoms with Crippen molar-refractivity contribution in [2.24, 2.45) is 0 Å². The van der Waals surface area contributed by atoms with Crippen LogP contribution in [0.25, 0.3) is 16.6 Å². The lowest BCUT2D eigenvalue weighted by molar-refractivity contribution is 0.199. The number of para-hydroxylation sites is 4. The van der Waals surface area contributed by atoms with Gasteiger partial charge in [-0.15, -0.1) is 0 Å². The first kappa shape index (κ1) is 22.1. The van der Waals surface area contributed by atoms with E-state index in [-0.39, 0.29) is 11.6 Å². The van der Waals surface area contributed by atoms with Gasteiger partial charge in [0.2, 0.25) is 0 Å². The quantitative estimate of drug-likeness (QED) is 0.455. The summed E-state index contributed by atoms with van der Waals surface area (Å²) in [5.41, 5.74) is 1.64. The van der Waals surface area contributed by atoms with Gasteiger partial charge in [-0.3, -0.25) is 9.36 Å². The molecule has 7 heteroatoms. The smallest absolute Gasteiger partial charge is 0.322 e. The maximum Gasteiger partial charge on any atom is 0.322 e. The van der Waals surface area contributed by atoms with Gasteiger partial charge in [0.15, 0.2) is 0 Å². The number of amides is 2. The second kappa shape index (κ2) is 9.56. The first-order chi connectivity index (χ1) is 16.0. The second-order valence-corrected chi connectivity index (χ2v) is 7.63. The van der Waals surface area contributed by atoms with Gasteiger partial charge in [-0.2, -0.15) is 0 Å². The van der Waals surface area contributed by atoms with Crippen LogP contribution in [0.5, 0.6) is 5.75 Å². The molecule has 4 rings (SSSR count). The number of methoxy groups -OCH3 is 1. The number of aromatic nitrogens is 2. The molecule has 33 heavy (non-hydrogen) atoms. The Morgan fingerprint density at radius 3 is 2.42 bits per heavy atom. The van der Waals surface area contributed by atoms with Crippen LogP contribution in [-0.4, -0.2) is 34.6 Å². The van der Waals surface area contributed by atoms with E-state index < -0.39 is 6.04 Å². The zero-order valence-corrected chi connectivity index (χ0v) is 18.9. The molecule has 0 bridgehead atoms. The number of benzene rings is 3. The van der Waals surface area contributed by atoms with E-state index in [2.05, 4.69) is 5.32 Å². The van der Waals surface area contributed by atoms with E-state index in [0.29, 0.717) is 40.3 Å². The Labute approximate surface area is 192 Å². The van der Waals surface area contributed by atoms with Crippen molar-refractivity contribution in [3.8, 4) is 11.4 Å². The molecular weight excluding hydrogens is 416 g/mol. The summed E-state index contributed by atoms with van der Waals surface area (Å²) < 4.78 is 7.10. The largest absolute Gasteiger partial charge is 0.495 e. The molecule has 1 atom stereocenters. The highest BCUT2D eigenvalue weighted by Crippen LogP contribution is 2.29. The molecule has 0 radical (unpaired) electrons. The molecule has 0 fully saturated rings. The lowest BCUT2D eigenvalue weighted by Gasteiger charge is -2.29. The lowest BCUT2D eigenvalue weighted by Crippen LogP contribution is -2.38. The molecule has 0 aliphatic carbocycles. The summed E-state index contributed by atoms with van der Waals surface area (Å²) >= 11 is 0. The zero-order valence-electron chi connectivity index (χ0n) is 18.9. The van der Waals surface area contributed by atoms with Crippen molar-refractivity contribution in [3.05, 3.63) is 95.0 Å². The second-order valence-electron chi connectivity index (χ2n) is 7.63. The molecule has 1 unspecified atom stereocenters. The van der Waals surface area contributed by atoms with Gasteiger partial charge in [0.05, 0.1) is 29.7 Å². The van der Waals surface area contributed by atoms with Gasteiger partial charge in [-0.1, -0.05) is 49.4 Å². The highest BCUT2D eigenvalue weighted by molar-refractivity contribution is 5.89. The summed E-state index contributed by atoms with van der Waals surface area (Å²) in [4.78, 5) is 33.2. The van der Waals surface area contributed by atoms with E-state index in [9.17, 15) is 9.59 Å². The maximum atomic E-state index is 13.7. The van der Waals surface area contributed by atoms with Crippen LogP contribution >= 0.6 is 0 Å². The van der Waals surface area contributed by atoms with Gasteiger partial charge in [0.1, 0.15) is 11.6 Å². The molecule has 0 aliphatic heterocycles. The van der Waals surface area contributed by atoms with Crippen LogP contribution in [0.4, 0.5) is 10.5 Å². The fraction of sp³-hybridized carbons (Fsp3) is 0.192. The molecule has 0 saturated carbocycles. The fourth-order valence-electron chi connectivity index (χ4n) is 3.93. The van der Waals surface area contributed by atoms with Crippen molar-refractivity contribution in [2.45, 2.75) is 19.4 Å². The van der Waals surface area contributed by atoms with Crippen LogP contribution < -0.4 is 15.6 Å².